The van der Waals surface area contributed by atoms with Crippen LogP contribution in [0.25, 0.3) is 0 Å². The summed E-state index contributed by atoms with van der Waals surface area (Å²) in [6.45, 7) is 6.86. The largest absolute Gasteiger partial charge is 0.119 e. The summed E-state index contributed by atoms with van der Waals surface area (Å²) in [5.41, 5.74) is 1.36. The highest BCUT2D eigenvalue weighted by Gasteiger charge is 2.28. The van der Waals surface area contributed by atoms with Crippen LogP contribution in [0.2, 0.25) is 0 Å². The zero-order valence-electron chi connectivity index (χ0n) is 22.0. The third kappa shape index (κ3) is 16.2. The van der Waals surface area contributed by atoms with Gasteiger partial charge in [-0.25, -0.2) is 0 Å². The van der Waals surface area contributed by atoms with Gasteiger partial charge in [0.2, 0.25) is 0 Å². The maximum absolute atomic E-state index is 6.90. The first-order chi connectivity index (χ1) is 15.6. The lowest BCUT2D eigenvalue weighted by atomic mass is 9.85. The molecular formula is C31H55Cl. The molecule has 0 aliphatic carbocycles. The highest BCUT2D eigenvalue weighted by molar-refractivity contribution is 6.24. The summed E-state index contributed by atoms with van der Waals surface area (Å²) in [5.74, 6) is 0.561. The molecule has 1 aromatic carbocycles. The Morgan fingerprint density at radius 1 is 0.625 bits per heavy atom. The minimum atomic E-state index is -0.129. The number of hydrogen-bond donors (Lipinski definition) is 0. The second kappa shape index (κ2) is 19.9. The van der Waals surface area contributed by atoms with Gasteiger partial charge in [-0.05, 0) is 31.2 Å². The van der Waals surface area contributed by atoms with Crippen molar-refractivity contribution in [3.8, 4) is 0 Å². The van der Waals surface area contributed by atoms with Crippen LogP contribution < -0.4 is 0 Å². The van der Waals surface area contributed by atoms with Crippen molar-refractivity contribution in [1.29, 1.82) is 0 Å². The number of alkyl halides is 1. The van der Waals surface area contributed by atoms with Gasteiger partial charge in [0.05, 0.1) is 0 Å². The van der Waals surface area contributed by atoms with Crippen LogP contribution >= 0.6 is 11.6 Å². The van der Waals surface area contributed by atoms with Crippen molar-refractivity contribution in [3.05, 3.63) is 35.9 Å². The molecule has 0 aliphatic rings. The summed E-state index contributed by atoms with van der Waals surface area (Å²) in [6.07, 6.45) is 28.1. The Bertz CT molecular complexity index is 506. The van der Waals surface area contributed by atoms with Gasteiger partial charge in [-0.3, -0.25) is 0 Å². The maximum Gasteiger partial charge on any atom is 0.0484 e. The fourth-order valence-corrected chi connectivity index (χ4v) is 5.09. The molecule has 0 N–H and O–H groups in total. The van der Waals surface area contributed by atoms with E-state index in [-0.39, 0.29) is 4.87 Å². The lowest BCUT2D eigenvalue weighted by Crippen LogP contribution is -2.29. The average molecular weight is 463 g/mol. The first-order valence-electron chi connectivity index (χ1n) is 14.3. The first kappa shape index (κ1) is 29.5. The molecule has 0 saturated carbocycles. The molecule has 2 unspecified atom stereocenters. The van der Waals surface area contributed by atoms with E-state index in [4.69, 9.17) is 11.6 Å². The summed E-state index contributed by atoms with van der Waals surface area (Å²) in [5, 5.41) is 0. The predicted molar refractivity (Wildman–Crippen MR) is 147 cm³/mol. The van der Waals surface area contributed by atoms with Crippen molar-refractivity contribution < 1.29 is 0 Å². The maximum atomic E-state index is 6.90. The van der Waals surface area contributed by atoms with Gasteiger partial charge in [-0.2, -0.15) is 0 Å². The number of unbranched alkanes of at least 4 members (excludes halogenated alkanes) is 17. The quantitative estimate of drug-likeness (QED) is 0.119. The Labute approximate surface area is 207 Å². The fraction of sp³-hybridized carbons (Fsp3) is 0.806. The standard InChI is InChI=1S/C31H55Cl/c1-4-5-6-7-8-9-10-11-12-13-14-15-16-17-18-19-20-22-25-29(2)31(3,32)28-30-26-23-21-24-27-30/h21,23-24,26-27,29H,4-20,22,25,28H2,1-3H3. The molecule has 0 bridgehead atoms. The zero-order chi connectivity index (χ0) is 23.3. The Morgan fingerprint density at radius 3 is 1.41 bits per heavy atom. The van der Waals surface area contributed by atoms with E-state index in [1.807, 2.05) is 0 Å². The molecule has 0 aliphatic heterocycles. The Morgan fingerprint density at radius 2 is 1.00 bits per heavy atom. The van der Waals surface area contributed by atoms with Crippen LogP contribution in [0.1, 0.15) is 148 Å². The molecule has 2 atom stereocenters. The van der Waals surface area contributed by atoms with Crippen LogP contribution in [0.15, 0.2) is 30.3 Å². The van der Waals surface area contributed by atoms with Crippen LogP contribution in [-0.4, -0.2) is 4.87 Å². The van der Waals surface area contributed by atoms with Crippen molar-refractivity contribution in [3.63, 3.8) is 0 Å². The normalized spacial score (nSPS) is 14.4. The molecule has 1 rings (SSSR count). The van der Waals surface area contributed by atoms with Crippen LogP contribution in [0.4, 0.5) is 0 Å². The summed E-state index contributed by atoms with van der Waals surface area (Å²) in [6, 6.07) is 10.7. The van der Waals surface area contributed by atoms with Crippen molar-refractivity contribution in [2.75, 3.05) is 0 Å². The molecule has 186 valence electrons. The Hall–Kier alpha value is -0.490. The summed E-state index contributed by atoms with van der Waals surface area (Å²) < 4.78 is 0. The van der Waals surface area contributed by atoms with E-state index in [1.54, 1.807) is 0 Å². The SMILES string of the molecule is CCCCCCCCCCCCCCCCCCCCC(C)C(C)(Cl)Cc1ccccc1. The molecule has 0 saturated heterocycles. The number of benzene rings is 1. The summed E-state index contributed by atoms with van der Waals surface area (Å²) >= 11 is 6.90. The molecule has 0 nitrogen and oxygen atoms in total. The van der Waals surface area contributed by atoms with Crippen molar-refractivity contribution >= 4 is 11.6 Å². The van der Waals surface area contributed by atoms with E-state index in [1.165, 1.54) is 128 Å². The van der Waals surface area contributed by atoms with Crippen LogP contribution in [0, 0.1) is 5.92 Å². The van der Waals surface area contributed by atoms with Gasteiger partial charge >= 0.3 is 0 Å². The molecule has 1 aromatic rings. The number of rotatable bonds is 22. The van der Waals surface area contributed by atoms with Crippen molar-refractivity contribution in [1.82, 2.24) is 0 Å². The van der Waals surface area contributed by atoms with Gasteiger partial charge in [0.15, 0.2) is 0 Å². The zero-order valence-corrected chi connectivity index (χ0v) is 22.7. The lowest BCUT2D eigenvalue weighted by Gasteiger charge is -2.29. The van der Waals surface area contributed by atoms with Crippen molar-refractivity contribution in [2.45, 2.75) is 154 Å². The monoisotopic (exact) mass is 462 g/mol. The molecule has 0 fully saturated rings. The van der Waals surface area contributed by atoms with Crippen molar-refractivity contribution in [2.24, 2.45) is 5.92 Å². The molecule has 32 heavy (non-hydrogen) atoms. The average Bonchev–Trinajstić information content (AvgIpc) is 2.78. The smallest absolute Gasteiger partial charge is 0.0484 e. The molecule has 0 radical (unpaired) electrons. The van der Waals surface area contributed by atoms with Gasteiger partial charge in [0.25, 0.3) is 0 Å². The first-order valence-corrected chi connectivity index (χ1v) is 14.7. The second-order valence-electron chi connectivity index (χ2n) is 10.6. The molecule has 0 heterocycles. The molecule has 0 spiro atoms. The highest BCUT2D eigenvalue weighted by atomic mass is 35.5. The molecule has 1 heteroatoms. The van der Waals surface area contributed by atoms with Crippen LogP contribution in [-0.2, 0) is 6.42 Å². The summed E-state index contributed by atoms with van der Waals surface area (Å²) in [4.78, 5) is -0.129. The number of halogens is 1. The van der Waals surface area contributed by atoms with Crippen LogP contribution in [0.3, 0.4) is 0 Å². The van der Waals surface area contributed by atoms with E-state index in [0.717, 1.165) is 6.42 Å². The van der Waals surface area contributed by atoms with E-state index < -0.39 is 0 Å². The van der Waals surface area contributed by atoms with E-state index in [0.29, 0.717) is 5.92 Å². The van der Waals surface area contributed by atoms with Gasteiger partial charge in [0.1, 0.15) is 0 Å². The van der Waals surface area contributed by atoms with E-state index >= 15 is 0 Å². The van der Waals surface area contributed by atoms with Gasteiger partial charge in [0, 0.05) is 4.87 Å². The topological polar surface area (TPSA) is 0 Å². The Kier molecular flexibility index (Phi) is 18.4. The third-order valence-electron chi connectivity index (χ3n) is 7.41. The van der Waals surface area contributed by atoms with Gasteiger partial charge < -0.3 is 0 Å². The minimum Gasteiger partial charge on any atom is -0.119 e. The minimum absolute atomic E-state index is 0.129. The van der Waals surface area contributed by atoms with Gasteiger partial charge in [-0.15, -0.1) is 11.6 Å². The lowest BCUT2D eigenvalue weighted by molar-refractivity contribution is 0.376. The summed E-state index contributed by atoms with van der Waals surface area (Å²) in [7, 11) is 0. The van der Waals surface area contributed by atoms with E-state index in [2.05, 4.69) is 51.1 Å². The van der Waals surface area contributed by atoms with E-state index in [9.17, 15) is 0 Å². The highest BCUT2D eigenvalue weighted by Crippen LogP contribution is 2.32. The second-order valence-corrected chi connectivity index (χ2v) is 11.5. The fourth-order valence-electron chi connectivity index (χ4n) is 4.82. The third-order valence-corrected chi connectivity index (χ3v) is 7.92. The van der Waals surface area contributed by atoms with Gasteiger partial charge in [-0.1, -0.05) is 160 Å². The van der Waals surface area contributed by atoms with Crippen LogP contribution in [0.5, 0.6) is 0 Å². The Balaban J connectivity index is 1.85. The molecule has 0 amide bonds. The molecule has 0 aromatic heterocycles. The predicted octanol–water partition coefficient (Wildman–Crippen LogP) is 11.3. The molecular weight excluding hydrogens is 408 g/mol. The number of hydrogen-bond acceptors (Lipinski definition) is 0.